The number of amides is 1. The van der Waals surface area contributed by atoms with Crippen molar-refractivity contribution in [1.82, 2.24) is 0 Å². The fourth-order valence-corrected chi connectivity index (χ4v) is 2.35. The summed E-state index contributed by atoms with van der Waals surface area (Å²) in [6, 6.07) is 15.7. The van der Waals surface area contributed by atoms with E-state index in [9.17, 15) is 4.79 Å². The van der Waals surface area contributed by atoms with E-state index in [4.69, 9.17) is 0 Å². The largest absolute Gasteiger partial charge is 0.355 e. The molecule has 0 heterocycles. The average molecular weight is 347 g/mol. The second-order valence-electron chi connectivity index (χ2n) is 5.36. The Balaban J connectivity index is 1.97. The van der Waals surface area contributed by atoms with E-state index in [1.807, 2.05) is 62.4 Å². The summed E-state index contributed by atoms with van der Waals surface area (Å²) in [6.45, 7) is 4.06. The summed E-state index contributed by atoms with van der Waals surface area (Å²) in [7, 11) is 0. The van der Waals surface area contributed by atoms with Gasteiger partial charge in [0.25, 0.3) is 0 Å². The minimum Gasteiger partial charge on any atom is -0.355 e. The Morgan fingerprint density at radius 3 is 2.33 bits per heavy atom. The molecule has 2 N–H and O–H groups in total. The van der Waals surface area contributed by atoms with E-state index in [0.717, 1.165) is 21.5 Å². The van der Waals surface area contributed by atoms with E-state index in [1.54, 1.807) is 0 Å². The highest BCUT2D eigenvalue weighted by atomic mass is 79.9. The molecule has 0 unspecified atom stereocenters. The number of halogens is 1. The zero-order valence-electron chi connectivity index (χ0n) is 12.2. The van der Waals surface area contributed by atoms with Crippen LogP contribution in [0.5, 0.6) is 0 Å². The minimum absolute atomic E-state index is 0.0534. The number of anilines is 3. The van der Waals surface area contributed by atoms with E-state index < -0.39 is 0 Å². The van der Waals surface area contributed by atoms with E-state index in [1.165, 1.54) is 0 Å². The first-order chi connectivity index (χ1) is 10.0. The monoisotopic (exact) mass is 346 g/mol. The standard InChI is InChI=1S/C17H19BrN2O/c1-12(2)10-17(21)20-15-8-6-14(7-9-15)19-16-5-3-4-13(18)11-16/h3-9,11-12,19H,10H2,1-2H3,(H,20,21). The van der Waals surface area contributed by atoms with Crippen LogP contribution < -0.4 is 10.6 Å². The van der Waals surface area contributed by atoms with Gasteiger partial charge in [0.15, 0.2) is 0 Å². The molecule has 4 heteroatoms. The summed E-state index contributed by atoms with van der Waals surface area (Å²) in [5.41, 5.74) is 2.82. The zero-order valence-corrected chi connectivity index (χ0v) is 13.8. The van der Waals surface area contributed by atoms with Gasteiger partial charge in [-0.15, -0.1) is 0 Å². The molecule has 0 saturated heterocycles. The summed E-state index contributed by atoms with van der Waals surface area (Å²) in [4.78, 5) is 11.7. The maximum absolute atomic E-state index is 11.7. The first-order valence-electron chi connectivity index (χ1n) is 6.95. The highest BCUT2D eigenvalue weighted by Gasteiger charge is 2.05. The molecule has 0 saturated carbocycles. The van der Waals surface area contributed by atoms with Crippen LogP contribution in [0.2, 0.25) is 0 Å². The Kier molecular flexibility index (Phi) is 5.39. The van der Waals surface area contributed by atoms with Crippen LogP contribution >= 0.6 is 15.9 Å². The van der Waals surface area contributed by atoms with Crippen molar-refractivity contribution in [2.24, 2.45) is 5.92 Å². The third kappa shape index (κ3) is 5.23. The number of rotatable bonds is 5. The molecule has 0 aliphatic heterocycles. The van der Waals surface area contributed by atoms with Crippen LogP contribution in [0.15, 0.2) is 53.0 Å². The summed E-state index contributed by atoms with van der Waals surface area (Å²) >= 11 is 3.45. The van der Waals surface area contributed by atoms with Gasteiger partial charge in [0, 0.05) is 28.0 Å². The molecule has 0 aliphatic carbocycles. The van der Waals surface area contributed by atoms with Gasteiger partial charge in [0.2, 0.25) is 5.91 Å². The van der Waals surface area contributed by atoms with Gasteiger partial charge in [0.1, 0.15) is 0 Å². The predicted molar refractivity (Wildman–Crippen MR) is 92.0 cm³/mol. The van der Waals surface area contributed by atoms with E-state index in [2.05, 4.69) is 26.6 Å². The Morgan fingerprint density at radius 1 is 1.05 bits per heavy atom. The third-order valence-electron chi connectivity index (χ3n) is 2.88. The molecule has 0 fully saturated rings. The Morgan fingerprint density at radius 2 is 1.71 bits per heavy atom. The topological polar surface area (TPSA) is 41.1 Å². The first kappa shape index (κ1) is 15.6. The lowest BCUT2D eigenvalue weighted by Crippen LogP contribution is -2.13. The maximum atomic E-state index is 11.7. The van der Waals surface area contributed by atoms with Gasteiger partial charge >= 0.3 is 0 Å². The van der Waals surface area contributed by atoms with Crippen LogP contribution in [0.3, 0.4) is 0 Å². The van der Waals surface area contributed by atoms with E-state index in [-0.39, 0.29) is 5.91 Å². The SMILES string of the molecule is CC(C)CC(=O)Nc1ccc(Nc2cccc(Br)c2)cc1. The number of nitrogens with one attached hydrogen (secondary N) is 2. The molecule has 0 aliphatic rings. The number of benzene rings is 2. The van der Waals surface area contributed by atoms with Gasteiger partial charge in [-0.05, 0) is 48.4 Å². The van der Waals surface area contributed by atoms with Gasteiger partial charge in [-0.2, -0.15) is 0 Å². The Hall–Kier alpha value is -1.81. The first-order valence-corrected chi connectivity index (χ1v) is 7.75. The second kappa shape index (κ2) is 7.27. The molecule has 2 aromatic rings. The molecule has 0 atom stereocenters. The molecule has 110 valence electrons. The maximum Gasteiger partial charge on any atom is 0.224 e. The molecule has 0 spiro atoms. The molecule has 3 nitrogen and oxygen atoms in total. The molecule has 0 radical (unpaired) electrons. The third-order valence-corrected chi connectivity index (χ3v) is 3.37. The van der Waals surface area contributed by atoms with Crippen LogP contribution in [-0.2, 0) is 4.79 Å². The summed E-state index contributed by atoms with van der Waals surface area (Å²) < 4.78 is 1.03. The van der Waals surface area contributed by atoms with Crippen LogP contribution in [0.4, 0.5) is 17.1 Å². The van der Waals surface area contributed by atoms with Gasteiger partial charge < -0.3 is 10.6 Å². The molecule has 0 bridgehead atoms. The van der Waals surface area contributed by atoms with E-state index in [0.29, 0.717) is 12.3 Å². The van der Waals surface area contributed by atoms with Crippen molar-refractivity contribution in [2.45, 2.75) is 20.3 Å². The number of hydrogen-bond donors (Lipinski definition) is 2. The fourth-order valence-electron chi connectivity index (χ4n) is 1.95. The lowest BCUT2D eigenvalue weighted by atomic mass is 10.1. The quantitative estimate of drug-likeness (QED) is 0.783. The predicted octanol–water partition coefficient (Wildman–Crippen LogP) is 5.18. The zero-order chi connectivity index (χ0) is 15.2. The second-order valence-corrected chi connectivity index (χ2v) is 6.27. The van der Waals surface area contributed by atoms with Crippen molar-refractivity contribution in [2.75, 3.05) is 10.6 Å². The smallest absolute Gasteiger partial charge is 0.224 e. The Labute approximate surface area is 133 Å². The van der Waals surface area contributed by atoms with Gasteiger partial charge in [0.05, 0.1) is 0 Å². The molecule has 21 heavy (non-hydrogen) atoms. The lowest BCUT2D eigenvalue weighted by Gasteiger charge is -2.10. The van der Waals surface area contributed by atoms with Gasteiger partial charge in [-0.25, -0.2) is 0 Å². The minimum atomic E-state index is 0.0534. The molecule has 2 aromatic carbocycles. The van der Waals surface area contributed by atoms with Gasteiger partial charge in [-0.3, -0.25) is 4.79 Å². The lowest BCUT2D eigenvalue weighted by molar-refractivity contribution is -0.116. The summed E-state index contributed by atoms with van der Waals surface area (Å²) in [6.07, 6.45) is 0.540. The van der Waals surface area contributed by atoms with Crippen molar-refractivity contribution < 1.29 is 4.79 Å². The number of hydrogen-bond acceptors (Lipinski definition) is 2. The molecular weight excluding hydrogens is 328 g/mol. The normalized spacial score (nSPS) is 10.5. The molecular formula is C17H19BrN2O. The average Bonchev–Trinajstić information content (AvgIpc) is 2.40. The molecule has 2 rings (SSSR count). The van der Waals surface area contributed by atoms with Crippen molar-refractivity contribution in [3.8, 4) is 0 Å². The van der Waals surface area contributed by atoms with Crippen molar-refractivity contribution in [1.29, 1.82) is 0 Å². The van der Waals surface area contributed by atoms with Crippen molar-refractivity contribution in [3.63, 3.8) is 0 Å². The van der Waals surface area contributed by atoms with E-state index >= 15 is 0 Å². The highest BCUT2D eigenvalue weighted by molar-refractivity contribution is 9.10. The van der Waals surface area contributed by atoms with Crippen molar-refractivity contribution >= 4 is 38.9 Å². The molecule has 1 amide bonds. The Bertz CT molecular complexity index is 608. The van der Waals surface area contributed by atoms with Crippen molar-refractivity contribution in [3.05, 3.63) is 53.0 Å². The van der Waals surface area contributed by atoms with Crippen LogP contribution in [-0.4, -0.2) is 5.91 Å². The number of carbonyl (C=O) groups is 1. The number of carbonyl (C=O) groups excluding carboxylic acids is 1. The van der Waals surface area contributed by atoms with Crippen LogP contribution in [0.25, 0.3) is 0 Å². The summed E-state index contributed by atoms with van der Waals surface area (Å²) in [5, 5.41) is 6.21. The summed E-state index contributed by atoms with van der Waals surface area (Å²) in [5.74, 6) is 0.417. The van der Waals surface area contributed by atoms with Crippen LogP contribution in [0.1, 0.15) is 20.3 Å². The van der Waals surface area contributed by atoms with Crippen LogP contribution in [0, 0.1) is 5.92 Å². The van der Waals surface area contributed by atoms with Gasteiger partial charge in [-0.1, -0.05) is 35.8 Å². The molecule has 0 aromatic heterocycles. The fraction of sp³-hybridized carbons (Fsp3) is 0.235. The highest BCUT2D eigenvalue weighted by Crippen LogP contribution is 2.21.